The van der Waals surface area contributed by atoms with Crippen molar-refractivity contribution in [2.24, 2.45) is 0 Å². The standard InChI is InChI=1S/C26H17BrN2O/c27-20-13-14-21(23(16-20)29-26(30)19-6-2-1-3-7-19)22-10-4-8-17-11-12-18-9-5-15-28-25(18)24(17)22/h1-16H,(H,29,30). The van der Waals surface area contributed by atoms with Crippen LogP contribution in [0, 0.1) is 0 Å². The average molecular weight is 453 g/mol. The lowest BCUT2D eigenvalue weighted by Gasteiger charge is -2.15. The molecular weight excluding hydrogens is 436 g/mol. The number of anilines is 1. The molecule has 30 heavy (non-hydrogen) atoms. The van der Waals surface area contributed by atoms with E-state index in [-0.39, 0.29) is 5.91 Å². The molecule has 0 aliphatic carbocycles. The number of nitrogens with one attached hydrogen (secondary N) is 1. The number of halogens is 1. The molecule has 0 fully saturated rings. The molecule has 1 aromatic heterocycles. The summed E-state index contributed by atoms with van der Waals surface area (Å²) in [6.07, 6.45) is 1.82. The highest BCUT2D eigenvalue weighted by Gasteiger charge is 2.15. The molecule has 0 aliphatic rings. The second-order valence-electron chi connectivity index (χ2n) is 7.05. The number of amides is 1. The molecular formula is C26H17BrN2O. The van der Waals surface area contributed by atoms with Crippen LogP contribution < -0.4 is 5.32 Å². The first-order valence-electron chi connectivity index (χ1n) is 9.63. The minimum atomic E-state index is -0.141. The van der Waals surface area contributed by atoms with Crippen molar-refractivity contribution in [3.8, 4) is 11.1 Å². The number of carbonyl (C=O) groups is 1. The zero-order valence-corrected chi connectivity index (χ0v) is 17.6. The van der Waals surface area contributed by atoms with E-state index in [1.165, 1.54) is 0 Å². The number of rotatable bonds is 3. The summed E-state index contributed by atoms with van der Waals surface area (Å²) in [5.74, 6) is -0.141. The van der Waals surface area contributed by atoms with Crippen LogP contribution in [0.4, 0.5) is 5.69 Å². The number of hydrogen-bond donors (Lipinski definition) is 1. The number of nitrogens with zero attached hydrogens (tertiary/aromatic N) is 1. The van der Waals surface area contributed by atoms with Gasteiger partial charge in [0.25, 0.3) is 5.91 Å². The van der Waals surface area contributed by atoms with Gasteiger partial charge in [-0.3, -0.25) is 9.78 Å². The Balaban J connectivity index is 1.71. The van der Waals surface area contributed by atoms with Crippen molar-refractivity contribution in [3.05, 3.63) is 107 Å². The smallest absolute Gasteiger partial charge is 0.255 e. The fourth-order valence-corrected chi connectivity index (χ4v) is 4.14. The van der Waals surface area contributed by atoms with Crippen molar-refractivity contribution < 1.29 is 4.79 Å². The molecule has 0 radical (unpaired) electrons. The van der Waals surface area contributed by atoms with Gasteiger partial charge in [-0.1, -0.05) is 76.6 Å². The van der Waals surface area contributed by atoms with Crippen LogP contribution in [0.25, 0.3) is 32.8 Å². The van der Waals surface area contributed by atoms with Crippen molar-refractivity contribution in [2.45, 2.75) is 0 Å². The number of carbonyl (C=O) groups excluding carboxylic acids is 1. The maximum atomic E-state index is 12.8. The molecule has 1 amide bonds. The number of aromatic nitrogens is 1. The highest BCUT2D eigenvalue weighted by atomic mass is 79.9. The minimum Gasteiger partial charge on any atom is -0.321 e. The maximum absolute atomic E-state index is 12.8. The van der Waals surface area contributed by atoms with Gasteiger partial charge in [0.1, 0.15) is 0 Å². The van der Waals surface area contributed by atoms with E-state index >= 15 is 0 Å². The predicted molar refractivity (Wildman–Crippen MR) is 127 cm³/mol. The van der Waals surface area contributed by atoms with Crippen LogP contribution >= 0.6 is 15.9 Å². The van der Waals surface area contributed by atoms with Gasteiger partial charge in [0.15, 0.2) is 0 Å². The van der Waals surface area contributed by atoms with Crippen LogP contribution in [0.1, 0.15) is 10.4 Å². The summed E-state index contributed by atoms with van der Waals surface area (Å²) >= 11 is 3.54. The van der Waals surface area contributed by atoms with E-state index in [1.807, 2.05) is 66.9 Å². The molecule has 3 nitrogen and oxygen atoms in total. The Morgan fingerprint density at radius 2 is 1.57 bits per heavy atom. The summed E-state index contributed by atoms with van der Waals surface area (Å²) in [7, 11) is 0. The van der Waals surface area contributed by atoms with Crippen molar-refractivity contribution in [3.63, 3.8) is 0 Å². The Labute approximate surface area is 182 Å². The molecule has 0 aliphatic heterocycles. The third-order valence-corrected chi connectivity index (χ3v) is 5.66. The first-order valence-corrected chi connectivity index (χ1v) is 10.4. The van der Waals surface area contributed by atoms with Crippen molar-refractivity contribution in [1.29, 1.82) is 0 Å². The molecule has 1 heterocycles. The van der Waals surface area contributed by atoms with Crippen LogP contribution in [0.15, 0.2) is 102 Å². The summed E-state index contributed by atoms with van der Waals surface area (Å²) in [6.45, 7) is 0. The van der Waals surface area contributed by atoms with E-state index in [0.29, 0.717) is 5.56 Å². The topological polar surface area (TPSA) is 42.0 Å². The molecule has 0 atom stereocenters. The summed E-state index contributed by atoms with van der Waals surface area (Å²) in [4.78, 5) is 17.5. The fourth-order valence-electron chi connectivity index (χ4n) is 3.78. The highest BCUT2D eigenvalue weighted by Crippen LogP contribution is 2.38. The first kappa shape index (κ1) is 18.5. The Morgan fingerprint density at radius 3 is 2.43 bits per heavy atom. The molecule has 0 spiro atoms. The highest BCUT2D eigenvalue weighted by molar-refractivity contribution is 9.10. The van der Waals surface area contributed by atoms with Gasteiger partial charge in [0.05, 0.1) is 11.2 Å². The normalized spacial score (nSPS) is 11.0. The lowest BCUT2D eigenvalue weighted by Crippen LogP contribution is -2.12. The van der Waals surface area contributed by atoms with Crippen LogP contribution in [0.2, 0.25) is 0 Å². The second kappa shape index (κ2) is 7.73. The van der Waals surface area contributed by atoms with Gasteiger partial charge in [-0.15, -0.1) is 0 Å². The van der Waals surface area contributed by atoms with Crippen molar-refractivity contribution in [1.82, 2.24) is 4.98 Å². The van der Waals surface area contributed by atoms with Crippen LogP contribution in [0.5, 0.6) is 0 Å². The maximum Gasteiger partial charge on any atom is 0.255 e. The van der Waals surface area contributed by atoms with Gasteiger partial charge in [0, 0.05) is 32.6 Å². The van der Waals surface area contributed by atoms with Gasteiger partial charge >= 0.3 is 0 Å². The molecule has 0 unspecified atom stereocenters. The van der Waals surface area contributed by atoms with Gasteiger partial charge < -0.3 is 5.32 Å². The summed E-state index contributed by atoms with van der Waals surface area (Å²) in [5.41, 5.74) is 4.31. The fraction of sp³-hybridized carbons (Fsp3) is 0. The van der Waals surface area contributed by atoms with E-state index < -0.39 is 0 Å². The molecule has 0 saturated carbocycles. The Bertz CT molecular complexity index is 1400. The van der Waals surface area contributed by atoms with Gasteiger partial charge in [-0.25, -0.2) is 0 Å². The third-order valence-electron chi connectivity index (χ3n) is 5.17. The number of pyridine rings is 1. The third kappa shape index (κ3) is 3.36. The molecule has 1 N–H and O–H groups in total. The number of benzene rings is 4. The van der Waals surface area contributed by atoms with Gasteiger partial charge in [0.2, 0.25) is 0 Å². The first-order chi connectivity index (χ1) is 14.7. The summed E-state index contributed by atoms with van der Waals surface area (Å²) in [5, 5.41) is 6.37. The predicted octanol–water partition coefficient (Wildman–Crippen LogP) is 7.07. The van der Waals surface area contributed by atoms with Gasteiger partial charge in [-0.05, 0) is 41.3 Å². The number of fused-ring (bicyclic) bond motifs is 3. The molecule has 0 bridgehead atoms. The summed E-state index contributed by atoms with van der Waals surface area (Å²) < 4.78 is 0.901. The zero-order valence-electron chi connectivity index (χ0n) is 16.0. The average Bonchev–Trinajstić information content (AvgIpc) is 2.79. The summed E-state index contributed by atoms with van der Waals surface area (Å²) in [6, 6.07) is 29.6. The molecule has 144 valence electrons. The lowest BCUT2D eigenvalue weighted by molar-refractivity contribution is 0.102. The Kier molecular flexibility index (Phi) is 4.77. The minimum absolute atomic E-state index is 0.141. The zero-order chi connectivity index (χ0) is 20.5. The lowest BCUT2D eigenvalue weighted by atomic mass is 9.95. The Hall–Kier alpha value is -3.50. The second-order valence-corrected chi connectivity index (χ2v) is 7.97. The van der Waals surface area contributed by atoms with E-state index in [1.54, 1.807) is 0 Å². The van der Waals surface area contributed by atoms with Gasteiger partial charge in [-0.2, -0.15) is 0 Å². The van der Waals surface area contributed by atoms with E-state index in [9.17, 15) is 4.79 Å². The molecule has 5 aromatic rings. The van der Waals surface area contributed by atoms with Crippen LogP contribution in [-0.2, 0) is 0 Å². The quantitative estimate of drug-likeness (QED) is 0.297. The van der Waals surface area contributed by atoms with E-state index in [0.717, 1.165) is 43.0 Å². The van der Waals surface area contributed by atoms with Crippen molar-refractivity contribution >= 4 is 49.2 Å². The molecule has 4 aromatic carbocycles. The monoisotopic (exact) mass is 452 g/mol. The Morgan fingerprint density at radius 1 is 0.767 bits per heavy atom. The van der Waals surface area contributed by atoms with Crippen LogP contribution in [-0.4, -0.2) is 10.9 Å². The van der Waals surface area contributed by atoms with E-state index in [4.69, 9.17) is 0 Å². The van der Waals surface area contributed by atoms with Crippen LogP contribution in [0.3, 0.4) is 0 Å². The molecule has 4 heteroatoms. The largest absolute Gasteiger partial charge is 0.321 e. The number of hydrogen-bond acceptors (Lipinski definition) is 2. The van der Waals surface area contributed by atoms with E-state index in [2.05, 4.69) is 56.6 Å². The molecule has 5 rings (SSSR count). The SMILES string of the molecule is O=C(Nc1cc(Br)ccc1-c1cccc2ccc3cccnc3c12)c1ccccc1. The molecule has 0 saturated heterocycles. The van der Waals surface area contributed by atoms with Crippen molar-refractivity contribution in [2.75, 3.05) is 5.32 Å².